The van der Waals surface area contributed by atoms with Crippen molar-refractivity contribution in [1.29, 1.82) is 0 Å². The Morgan fingerprint density at radius 1 is 1.46 bits per heavy atom. The summed E-state index contributed by atoms with van der Waals surface area (Å²) in [5.41, 5.74) is -0.0404. The molecule has 0 heterocycles. The number of hydrogen-bond donors (Lipinski definition) is 2. The van der Waals surface area contributed by atoms with Gasteiger partial charge in [-0.1, -0.05) is 11.6 Å². The average Bonchev–Trinajstić information content (AvgIpc) is 2.08. The fourth-order valence-electron chi connectivity index (χ4n) is 0.798. The number of aliphatic hydroxyl groups excluding tert-OH is 1. The molecular weight excluding hydrogens is 199 g/mol. The fourth-order valence-corrected chi connectivity index (χ4v) is 0.979. The molecule has 1 aromatic rings. The quantitative estimate of drug-likeness (QED) is 0.558. The van der Waals surface area contributed by atoms with E-state index in [0.29, 0.717) is 0 Å². The molecule has 0 atom stereocenters. The van der Waals surface area contributed by atoms with Gasteiger partial charge in [-0.15, -0.1) is 0 Å². The highest BCUT2D eigenvalue weighted by Crippen LogP contribution is 2.16. The highest BCUT2D eigenvalue weighted by molar-refractivity contribution is 6.31. The maximum Gasteiger partial charge on any atom is 0.218 e. The number of benzene rings is 1. The third-order valence-corrected chi connectivity index (χ3v) is 1.73. The molecule has 0 saturated carbocycles. The third kappa shape index (κ3) is 2.24. The zero-order valence-electron chi connectivity index (χ0n) is 6.37. The molecule has 2 N–H and O–H groups in total. The Morgan fingerprint density at radius 2 is 2.08 bits per heavy atom. The summed E-state index contributed by atoms with van der Waals surface area (Å²) in [7, 11) is 0. The van der Waals surface area contributed by atoms with Crippen molar-refractivity contribution in [2.45, 2.75) is 6.29 Å². The maximum absolute atomic E-state index is 12.6. The number of aliphatic hydroxyl groups is 2. The van der Waals surface area contributed by atoms with Crippen molar-refractivity contribution in [1.82, 2.24) is 0 Å². The summed E-state index contributed by atoms with van der Waals surface area (Å²) in [6.45, 7) is 0. The van der Waals surface area contributed by atoms with Crippen molar-refractivity contribution in [3.05, 3.63) is 34.6 Å². The van der Waals surface area contributed by atoms with Crippen LogP contribution in [-0.4, -0.2) is 22.3 Å². The highest BCUT2D eigenvalue weighted by atomic mass is 35.5. The normalized spacial score (nSPS) is 10.5. The minimum Gasteiger partial charge on any atom is -0.362 e. The van der Waals surface area contributed by atoms with E-state index in [-0.39, 0.29) is 10.6 Å². The molecule has 0 spiro atoms. The molecule has 3 nitrogen and oxygen atoms in total. The zero-order chi connectivity index (χ0) is 10.0. The number of halogens is 2. The van der Waals surface area contributed by atoms with Gasteiger partial charge in [0, 0.05) is 5.56 Å². The summed E-state index contributed by atoms with van der Waals surface area (Å²) in [5.74, 6) is -1.58. The predicted octanol–water partition coefficient (Wildman–Crippen LogP) is 0.973. The Morgan fingerprint density at radius 3 is 2.54 bits per heavy atom. The van der Waals surface area contributed by atoms with Gasteiger partial charge >= 0.3 is 0 Å². The molecule has 1 rings (SSSR count). The molecule has 5 heteroatoms. The lowest BCUT2D eigenvalue weighted by Crippen LogP contribution is -2.19. The molecule has 70 valence electrons. The summed E-state index contributed by atoms with van der Waals surface area (Å²) in [6, 6.07) is 3.15. The third-order valence-electron chi connectivity index (χ3n) is 1.44. The molecule has 13 heavy (non-hydrogen) atoms. The number of carbonyl (C=O) groups is 1. The summed E-state index contributed by atoms with van der Waals surface area (Å²) in [5, 5.41) is 16.8. The summed E-state index contributed by atoms with van der Waals surface area (Å²) < 4.78 is 12.6. The first-order valence-corrected chi connectivity index (χ1v) is 3.75. The van der Waals surface area contributed by atoms with Gasteiger partial charge in [-0.25, -0.2) is 4.39 Å². The lowest BCUT2D eigenvalue weighted by molar-refractivity contribution is -0.0195. The molecule has 0 bridgehead atoms. The molecule has 0 unspecified atom stereocenters. The molecule has 0 amide bonds. The van der Waals surface area contributed by atoms with Crippen LogP contribution in [0.25, 0.3) is 0 Å². The van der Waals surface area contributed by atoms with Crippen molar-refractivity contribution in [2.75, 3.05) is 0 Å². The van der Waals surface area contributed by atoms with E-state index >= 15 is 0 Å². The molecule has 0 radical (unpaired) electrons. The summed E-state index contributed by atoms with van der Waals surface area (Å²) in [6.07, 6.45) is -2.10. The van der Waals surface area contributed by atoms with E-state index in [1.807, 2.05) is 0 Å². The first-order valence-electron chi connectivity index (χ1n) is 3.38. The largest absolute Gasteiger partial charge is 0.362 e. The summed E-state index contributed by atoms with van der Waals surface area (Å²) in [4.78, 5) is 10.9. The van der Waals surface area contributed by atoms with Gasteiger partial charge in [0.15, 0.2) is 0 Å². The van der Waals surface area contributed by atoms with Gasteiger partial charge < -0.3 is 10.2 Å². The van der Waals surface area contributed by atoms with Crippen LogP contribution in [0.5, 0.6) is 0 Å². The number of hydrogen-bond acceptors (Lipinski definition) is 3. The molecule has 0 aliphatic rings. The van der Waals surface area contributed by atoms with Gasteiger partial charge in [0.05, 0.1) is 5.02 Å². The van der Waals surface area contributed by atoms with Gasteiger partial charge in [0.1, 0.15) is 5.82 Å². The van der Waals surface area contributed by atoms with E-state index in [4.69, 9.17) is 21.8 Å². The Bertz CT molecular complexity index is 338. The molecule has 0 aliphatic carbocycles. The molecule has 0 aliphatic heterocycles. The zero-order valence-corrected chi connectivity index (χ0v) is 7.12. The van der Waals surface area contributed by atoms with Crippen molar-refractivity contribution in [3.63, 3.8) is 0 Å². The Balaban J connectivity index is 3.04. The second kappa shape index (κ2) is 3.83. The summed E-state index contributed by atoms with van der Waals surface area (Å²) >= 11 is 5.37. The topological polar surface area (TPSA) is 57.5 Å². The lowest BCUT2D eigenvalue weighted by Gasteiger charge is -2.02. The van der Waals surface area contributed by atoms with Gasteiger partial charge in [-0.05, 0) is 18.2 Å². The standard InChI is InChI=1S/C8H6ClFO3/c9-5-3-4(1-2-6(5)10)7(11)8(12)13/h1-3,8,12-13H. The number of rotatable bonds is 2. The smallest absolute Gasteiger partial charge is 0.218 e. The van der Waals surface area contributed by atoms with Crippen LogP contribution in [0.4, 0.5) is 4.39 Å². The predicted molar refractivity (Wildman–Crippen MR) is 44.0 cm³/mol. The van der Waals surface area contributed by atoms with E-state index in [2.05, 4.69) is 0 Å². The second-order valence-corrected chi connectivity index (χ2v) is 2.77. The van der Waals surface area contributed by atoms with Crippen LogP contribution in [0, 0.1) is 5.82 Å². The van der Waals surface area contributed by atoms with Crippen LogP contribution in [-0.2, 0) is 0 Å². The molecule has 1 aromatic carbocycles. The Kier molecular flexibility index (Phi) is 2.98. The van der Waals surface area contributed by atoms with Crippen molar-refractivity contribution in [3.8, 4) is 0 Å². The van der Waals surface area contributed by atoms with E-state index < -0.39 is 17.9 Å². The second-order valence-electron chi connectivity index (χ2n) is 2.37. The van der Waals surface area contributed by atoms with Crippen LogP contribution >= 0.6 is 11.6 Å². The van der Waals surface area contributed by atoms with E-state index in [1.54, 1.807) is 0 Å². The highest BCUT2D eigenvalue weighted by Gasteiger charge is 2.14. The Hall–Kier alpha value is -0.970. The molecule has 0 fully saturated rings. The first kappa shape index (κ1) is 10.1. The van der Waals surface area contributed by atoms with Crippen LogP contribution in [0.1, 0.15) is 10.4 Å². The minimum absolute atomic E-state index is 0.0404. The van der Waals surface area contributed by atoms with Gasteiger partial charge in [-0.2, -0.15) is 0 Å². The van der Waals surface area contributed by atoms with E-state index in [9.17, 15) is 9.18 Å². The van der Waals surface area contributed by atoms with Crippen molar-refractivity contribution >= 4 is 17.4 Å². The monoisotopic (exact) mass is 204 g/mol. The lowest BCUT2D eigenvalue weighted by atomic mass is 10.1. The van der Waals surface area contributed by atoms with Crippen molar-refractivity contribution in [2.24, 2.45) is 0 Å². The number of Topliss-reactive ketones (excluding diaryl/α,β-unsaturated/α-hetero) is 1. The molecule has 0 aromatic heterocycles. The Labute approximate surface area is 78.4 Å². The molecular formula is C8H6ClFO3. The number of carbonyl (C=O) groups excluding carboxylic acids is 1. The van der Waals surface area contributed by atoms with Gasteiger partial charge in [0.2, 0.25) is 12.1 Å². The van der Waals surface area contributed by atoms with Gasteiger partial charge in [0.25, 0.3) is 0 Å². The maximum atomic E-state index is 12.6. The molecule has 0 saturated heterocycles. The average molecular weight is 205 g/mol. The van der Waals surface area contributed by atoms with Crippen LogP contribution < -0.4 is 0 Å². The van der Waals surface area contributed by atoms with Crippen LogP contribution in [0.3, 0.4) is 0 Å². The minimum atomic E-state index is -2.10. The van der Waals surface area contributed by atoms with E-state index in [1.165, 1.54) is 0 Å². The first-order chi connectivity index (χ1) is 6.02. The number of ketones is 1. The SMILES string of the molecule is O=C(c1ccc(F)c(Cl)c1)C(O)O. The van der Waals surface area contributed by atoms with E-state index in [0.717, 1.165) is 18.2 Å². The van der Waals surface area contributed by atoms with Crippen molar-refractivity contribution < 1.29 is 19.4 Å². The van der Waals surface area contributed by atoms with Crippen LogP contribution in [0.15, 0.2) is 18.2 Å². The van der Waals surface area contributed by atoms with Gasteiger partial charge in [-0.3, -0.25) is 4.79 Å². The fraction of sp³-hybridized carbons (Fsp3) is 0.125. The van der Waals surface area contributed by atoms with Crippen LogP contribution in [0.2, 0.25) is 5.02 Å².